The molecule has 0 heterocycles. The van der Waals surface area contributed by atoms with E-state index in [-0.39, 0.29) is 5.54 Å². The number of likely N-dealkylation sites (N-methyl/N-ethyl adjacent to an activating group) is 1. The summed E-state index contributed by atoms with van der Waals surface area (Å²) in [5.41, 5.74) is -0.298. The molecule has 0 rings (SSSR count). The minimum Gasteiger partial charge on any atom is -0.466 e. The van der Waals surface area contributed by atoms with Gasteiger partial charge in [-0.05, 0) is 7.05 Å². The van der Waals surface area contributed by atoms with Gasteiger partial charge < -0.3 is 10.1 Å². The van der Waals surface area contributed by atoms with Crippen molar-refractivity contribution in [1.82, 2.24) is 5.32 Å². The fraction of sp³-hybridized carbons (Fsp3) is 0.833. The van der Waals surface area contributed by atoms with Crippen LogP contribution in [0, 0.1) is 0 Å². The molecule has 0 aliphatic heterocycles. The molecular weight excluding hydrogens is 182 g/mol. The molecule has 0 saturated carbocycles. The van der Waals surface area contributed by atoms with Crippen LogP contribution in [0.5, 0.6) is 0 Å². The number of carbonyl (C=O) groups is 1. The molecule has 0 spiro atoms. The number of hydrogen-bond acceptors (Lipinski definition) is 5. The summed E-state index contributed by atoms with van der Waals surface area (Å²) in [6, 6.07) is 0. The van der Waals surface area contributed by atoms with Gasteiger partial charge in [0.2, 0.25) is 0 Å². The first-order chi connectivity index (χ1) is 5.24. The van der Waals surface area contributed by atoms with Crippen LogP contribution in [0.15, 0.2) is 0 Å². The molecule has 66 valence electrons. The summed E-state index contributed by atoms with van der Waals surface area (Å²) in [5, 5.41) is 3.01. The third-order valence-corrected chi connectivity index (χ3v) is 2.77. The van der Waals surface area contributed by atoms with Crippen molar-refractivity contribution in [2.45, 2.75) is 5.54 Å². The molecule has 11 heavy (non-hydrogen) atoms. The van der Waals surface area contributed by atoms with Crippen LogP contribution in [-0.2, 0) is 9.53 Å². The maximum Gasteiger partial charge on any atom is 0.293 e. The van der Waals surface area contributed by atoms with Gasteiger partial charge in [-0.25, -0.2) is 0 Å². The van der Waals surface area contributed by atoms with E-state index in [9.17, 15) is 4.79 Å². The Labute approximate surface area is 77.7 Å². The molecule has 0 saturated heterocycles. The van der Waals surface area contributed by atoms with Gasteiger partial charge in [0.1, 0.15) is 6.61 Å². The van der Waals surface area contributed by atoms with Crippen LogP contribution < -0.4 is 5.32 Å². The smallest absolute Gasteiger partial charge is 0.293 e. The number of carbonyl (C=O) groups excluding carboxylic acids is 1. The molecule has 0 aliphatic rings. The molecule has 0 fully saturated rings. The van der Waals surface area contributed by atoms with Crippen molar-refractivity contribution >= 4 is 31.7 Å². The monoisotopic (exact) mass is 195 g/mol. The Bertz CT molecular complexity index is 109. The fourth-order valence-electron chi connectivity index (χ4n) is 0.565. The van der Waals surface area contributed by atoms with Crippen LogP contribution in [-0.4, -0.2) is 37.2 Å². The minimum atomic E-state index is -0.298. The predicted molar refractivity (Wildman–Crippen MR) is 51.5 cm³/mol. The third kappa shape index (κ3) is 3.35. The van der Waals surface area contributed by atoms with Gasteiger partial charge in [-0.2, -0.15) is 25.3 Å². The van der Waals surface area contributed by atoms with E-state index in [2.05, 4.69) is 35.3 Å². The molecule has 0 amide bonds. The number of hydrogen-bond donors (Lipinski definition) is 3. The van der Waals surface area contributed by atoms with Crippen LogP contribution in [0.2, 0.25) is 0 Å². The fourth-order valence-corrected chi connectivity index (χ4v) is 1.46. The van der Waals surface area contributed by atoms with E-state index in [1.807, 2.05) is 0 Å². The van der Waals surface area contributed by atoms with E-state index in [0.29, 0.717) is 24.6 Å². The first-order valence-corrected chi connectivity index (χ1v) is 4.47. The normalized spacial score (nSPS) is 11.2. The van der Waals surface area contributed by atoms with E-state index < -0.39 is 0 Å². The van der Waals surface area contributed by atoms with Crippen molar-refractivity contribution in [3.8, 4) is 0 Å². The lowest BCUT2D eigenvalue weighted by Gasteiger charge is -2.28. The predicted octanol–water partition coefficient (Wildman–Crippen LogP) is -0.0228. The van der Waals surface area contributed by atoms with Crippen molar-refractivity contribution in [3.63, 3.8) is 0 Å². The summed E-state index contributed by atoms with van der Waals surface area (Å²) in [6.45, 7) is 0.735. The number of thiol groups is 2. The molecule has 0 atom stereocenters. The highest BCUT2D eigenvalue weighted by molar-refractivity contribution is 7.81. The third-order valence-electron chi connectivity index (χ3n) is 1.56. The molecule has 5 heteroatoms. The highest BCUT2D eigenvalue weighted by Crippen LogP contribution is 2.08. The van der Waals surface area contributed by atoms with Crippen molar-refractivity contribution in [3.05, 3.63) is 0 Å². The quantitative estimate of drug-likeness (QED) is 0.412. The van der Waals surface area contributed by atoms with Gasteiger partial charge in [0.05, 0.1) is 5.54 Å². The number of rotatable bonds is 6. The Morgan fingerprint density at radius 3 is 2.36 bits per heavy atom. The summed E-state index contributed by atoms with van der Waals surface area (Å²) in [5.74, 6) is 1.17. The molecule has 0 aromatic rings. The van der Waals surface area contributed by atoms with Crippen LogP contribution in [0.25, 0.3) is 0 Å². The number of nitrogens with one attached hydrogen (secondary N) is 1. The van der Waals surface area contributed by atoms with E-state index in [1.165, 1.54) is 0 Å². The van der Waals surface area contributed by atoms with Crippen molar-refractivity contribution in [1.29, 1.82) is 0 Å². The topological polar surface area (TPSA) is 38.3 Å². The molecule has 3 nitrogen and oxygen atoms in total. The van der Waals surface area contributed by atoms with E-state index in [1.54, 1.807) is 7.05 Å². The lowest BCUT2D eigenvalue weighted by atomic mass is 10.1. The van der Waals surface area contributed by atoms with Crippen LogP contribution in [0.1, 0.15) is 0 Å². The zero-order chi connectivity index (χ0) is 8.74. The first kappa shape index (κ1) is 11.1. The van der Waals surface area contributed by atoms with Crippen molar-refractivity contribution in [2.24, 2.45) is 0 Å². The summed E-state index contributed by atoms with van der Waals surface area (Å²) < 4.78 is 4.63. The van der Waals surface area contributed by atoms with Crippen molar-refractivity contribution < 1.29 is 9.53 Å². The van der Waals surface area contributed by atoms with Gasteiger partial charge in [-0.3, -0.25) is 4.79 Å². The highest BCUT2D eigenvalue weighted by Gasteiger charge is 2.25. The molecule has 0 aromatic heterocycles. The largest absolute Gasteiger partial charge is 0.466 e. The number of ether oxygens (including phenoxy) is 1. The molecule has 1 N–H and O–H groups in total. The summed E-state index contributed by atoms with van der Waals surface area (Å²) in [6.07, 6.45) is 0. The van der Waals surface area contributed by atoms with E-state index in [0.717, 1.165) is 0 Å². The zero-order valence-corrected chi connectivity index (χ0v) is 8.20. The van der Waals surface area contributed by atoms with Gasteiger partial charge in [-0.15, -0.1) is 0 Å². The Morgan fingerprint density at radius 1 is 1.55 bits per heavy atom. The molecule has 0 aromatic carbocycles. The zero-order valence-electron chi connectivity index (χ0n) is 6.41. The summed E-state index contributed by atoms with van der Waals surface area (Å²) >= 11 is 8.25. The van der Waals surface area contributed by atoms with Crippen LogP contribution >= 0.6 is 25.3 Å². The maximum atomic E-state index is 9.90. The standard InChI is InChI=1S/C6H13NO2S2/c1-7-6(3-10,4-11)2-9-5-8/h5,7,10-11H,2-4H2,1H3. The molecule has 0 unspecified atom stereocenters. The van der Waals surface area contributed by atoms with Crippen LogP contribution in [0.3, 0.4) is 0 Å². The van der Waals surface area contributed by atoms with Gasteiger partial charge in [-0.1, -0.05) is 0 Å². The molecule has 0 aliphatic carbocycles. The van der Waals surface area contributed by atoms with Gasteiger partial charge >= 0.3 is 0 Å². The maximum absolute atomic E-state index is 9.90. The SMILES string of the molecule is CNC(CS)(CS)COC=O. The van der Waals surface area contributed by atoms with Gasteiger partial charge in [0.15, 0.2) is 0 Å². The molecule has 0 radical (unpaired) electrons. The Morgan fingerprint density at radius 2 is 2.09 bits per heavy atom. The summed E-state index contributed by atoms with van der Waals surface area (Å²) in [7, 11) is 1.79. The van der Waals surface area contributed by atoms with Crippen LogP contribution in [0.4, 0.5) is 0 Å². The lowest BCUT2D eigenvalue weighted by molar-refractivity contribution is -0.130. The minimum absolute atomic E-state index is 0.298. The van der Waals surface area contributed by atoms with Crippen molar-refractivity contribution in [2.75, 3.05) is 25.2 Å². The Balaban J connectivity index is 3.93. The van der Waals surface area contributed by atoms with Gasteiger partial charge in [0, 0.05) is 11.5 Å². The molecular formula is C6H13NO2S2. The van der Waals surface area contributed by atoms with Gasteiger partial charge in [0.25, 0.3) is 6.47 Å². The Hall–Kier alpha value is 0.130. The highest BCUT2D eigenvalue weighted by atomic mass is 32.1. The molecule has 0 bridgehead atoms. The average molecular weight is 195 g/mol. The summed E-state index contributed by atoms with van der Waals surface area (Å²) in [4.78, 5) is 9.90. The lowest BCUT2D eigenvalue weighted by Crippen LogP contribution is -2.50. The second-order valence-electron chi connectivity index (χ2n) is 2.25. The first-order valence-electron chi connectivity index (χ1n) is 3.20. The second-order valence-corrected chi connectivity index (χ2v) is 2.89. The average Bonchev–Trinajstić information content (AvgIpc) is 2.08. The Kier molecular flexibility index (Phi) is 5.81. The van der Waals surface area contributed by atoms with E-state index >= 15 is 0 Å². The second kappa shape index (κ2) is 5.74. The van der Waals surface area contributed by atoms with E-state index in [4.69, 9.17) is 0 Å².